The highest BCUT2D eigenvalue weighted by Gasteiger charge is 2.07. The van der Waals surface area contributed by atoms with E-state index in [-0.39, 0.29) is 6.23 Å². The molecule has 0 radical (unpaired) electrons. The molecule has 0 saturated heterocycles. The molecule has 0 aromatic carbocycles. The first-order chi connectivity index (χ1) is 4.57. The highest BCUT2D eigenvalue weighted by atomic mass is 16.6. The fourth-order valence-corrected chi connectivity index (χ4v) is 0.319. The lowest BCUT2D eigenvalue weighted by atomic mass is 10.6. The van der Waals surface area contributed by atoms with Gasteiger partial charge in [-0.1, -0.05) is 0 Å². The maximum atomic E-state index is 10.6. The molecule has 0 aliphatic rings. The minimum Gasteiger partial charge on any atom is -0.431 e. The molecule has 1 amide bonds. The van der Waals surface area contributed by atoms with Gasteiger partial charge in [-0.15, -0.1) is 0 Å². The largest absolute Gasteiger partial charge is 0.431 e. The van der Waals surface area contributed by atoms with Crippen LogP contribution in [0.2, 0.25) is 0 Å². The average molecular weight is 146 g/mol. The first-order valence-electron chi connectivity index (χ1n) is 3.12. The molecule has 0 rings (SSSR count). The molecule has 1 atom stereocenters. The van der Waals surface area contributed by atoms with Crippen molar-refractivity contribution in [2.75, 3.05) is 21.1 Å². The summed E-state index contributed by atoms with van der Waals surface area (Å²) in [4.78, 5) is 12.4. The molecule has 1 N–H and O–H groups in total. The Balaban J connectivity index is 3.57. The Hall–Kier alpha value is -0.770. The van der Waals surface area contributed by atoms with Crippen molar-refractivity contribution in [1.82, 2.24) is 10.2 Å². The number of hydrogen-bond donors (Lipinski definition) is 1. The lowest BCUT2D eigenvalue weighted by Crippen LogP contribution is -2.33. The zero-order valence-electron chi connectivity index (χ0n) is 6.84. The normalized spacial score (nSPS) is 12.9. The Morgan fingerprint density at radius 2 is 2.10 bits per heavy atom. The molecule has 1 unspecified atom stereocenters. The summed E-state index contributed by atoms with van der Waals surface area (Å²) in [6, 6.07) is 0. The summed E-state index contributed by atoms with van der Waals surface area (Å²) in [5.74, 6) is 0. The quantitative estimate of drug-likeness (QED) is 0.568. The van der Waals surface area contributed by atoms with E-state index in [4.69, 9.17) is 4.74 Å². The molecule has 0 aromatic rings. The number of amides is 1. The molecule has 10 heavy (non-hydrogen) atoms. The van der Waals surface area contributed by atoms with E-state index in [1.807, 2.05) is 14.1 Å². The van der Waals surface area contributed by atoms with Crippen molar-refractivity contribution in [2.24, 2.45) is 0 Å². The standard InChI is InChI=1S/C6H14N2O2/c1-5(8(3)4)10-6(9)7-2/h5H,1-4H3,(H,7,9). The van der Waals surface area contributed by atoms with Crippen LogP contribution < -0.4 is 5.32 Å². The predicted molar refractivity (Wildman–Crippen MR) is 38.7 cm³/mol. The molecule has 0 fully saturated rings. The summed E-state index contributed by atoms with van der Waals surface area (Å²) < 4.78 is 4.84. The van der Waals surface area contributed by atoms with E-state index >= 15 is 0 Å². The van der Waals surface area contributed by atoms with E-state index in [1.165, 1.54) is 7.05 Å². The van der Waals surface area contributed by atoms with Crippen molar-refractivity contribution >= 4 is 6.09 Å². The van der Waals surface area contributed by atoms with E-state index in [2.05, 4.69) is 5.32 Å². The van der Waals surface area contributed by atoms with Gasteiger partial charge < -0.3 is 10.1 Å². The molecular weight excluding hydrogens is 132 g/mol. The minimum absolute atomic E-state index is 0.181. The second-order valence-corrected chi connectivity index (χ2v) is 2.22. The van der Waals surface area contributed by atoms with Crippen LogP contribution in [0.3, 0.4) is 0 Å². The van der Waals surface area contributed by atoms with Gasteiger partial charge in [0.2, 0.25) is 0 Å². The molecule has 0 bridgehead atoms. The second-order valence-electron chi connectivity index (χ2n) is 2.22. The van der Waals surface area contributed by atoms with Gasteiger partial charge in [-0.05, 0) is 21.0 Å². The third-order valence-electron chi connectivity index (χ3n) is 1.21. The average Bonchev–Trinajstić information content (AvgIpc) is 1.87. The fraction of sp³-hybridized carbons (Fsp3) is 0.833. The number of hydrogen-bond acceptors (Lipinski definition) is 3. The zero-order chi connectivity index (χ0) is 8.15. The zero-order valence-corrected chi connectivity index (χ0v) is 6.84. The van der Waals surface area contributed by atoms with E-state index < -0.39 is 6.09 Å². The van der Waals surface area contributed by atoms with Crippen LogP contribution in [0.25, 0.3) is 0 Å². The van der Waals surface area contributed by atoms with Crippen molar-refractivity contribution in [3.8, 4) is 0 Å². The Bertz CT molecular complexity index is 114. The topological polar surface area (TPSA) is 41.6 Å². The van der Waals surface area contributed by atoms with Crippen molar-refractivity contribution in [3.05, 3.63) is 0 Å². The molecule has 0 spiro atoms. The summed E-state index contributed by atoms with van der Waals surface area (Å²) in [6.07, 6.45) is -0.582. The Morgan fingerprint density at radius 3 is 2.40 bits per heavy atom. The molecule has 4 nitrogen and oxygen atoms in total. The number of rotatable bonds is 2. The van der Waals surface area contributed by atoms with E-state index in [9.17, 15) is 4.79 Å². The predicted octanol–water partition coefficient (Wildman–Crippen LogP) is 0.250. The van der Waals surface area contributed by atoms with Gasteiger partial charge in [-0.25, -0.2) is 4.79 Å². The van der Waals surface area contributed by atoms with Crippen LogP contribution in [0.4, 0.5) is 4.79 Å². The fourth-order valence-electron chi connectivity index (χ4n) is 0.319. The summed E-state index contributed by atoms with van der Waals surface area (Å²) in [5, 5.41) is 2.36. The number of nitrogens with zero attached hydrogens (tertiary/aromatic N) is 1. The van der Waals surface area contributed by atoms with Crippen molar-refractivity contribution in [2.45, 2.75) is 13.2 Å². The molecule has 4 heteroatoms. The Labute approximate surface area is 61.1 Å². The smallest absolute Gasteiger partial charge is 0.408 e. The van der Waals surface area contributed by atoms with Gasteiger partial charge >= 0.3 is 6.09 Å². The number of carbonyl (C=O) groups is 1. The first-order valence-corrected chi connectivity index (χ1v) is 3.12. The van der Waals surface area contributed by atoms with Crippen LogP contribution in [0.15, 0.2) is 0 Å². The van der Waals surface area contributed by atoms with Crippen LogP contribution in [0, 0.1) is 0 Å². The van der Waals surface area contributed by atoms with Gasteiger partial charge in [0, 0.05) is 7.05 Å². The highest BCUT2D eigenvalue weighted by molar-refractivity contribution is 5.66. The van der Waals surface area contributed by atoms with Crippen LogP contribution >= 0.6 is 0 Å². The van der Waals surface area contributed by atoms with Gasteiger partial charge in [0.05, 0.1) is 0 Å². The lowest BCUT2D eigenvalue weighted by molar-refractivity contribution is 0.0283. The van der Waals surface area contributed by atoms with Crippen molar-refractivity contribution < 1.29 is 9.53 Å². The maximum Gasteiger partial charge on any atom is 0.408 e. The van der Waals surface area contributed by atoms with E-state index in [0.717, 1.165) is 0 Å². The monoisotopic (exact) mass is 146 g/mol. The number of alkyl carbamates (subject to hydrolysis) is 1. The van der Waals surface area contributed by atoms with E-state index in [0.29, 0.717) is 0 Å². The van der Waals surface area contributed by atoms with Gasteiger partial charge in [0.1, 0.15) is 0 Å². The molecule has 0 aliphatic heterocycles. The SMILES string of the molecule is CNC(=O)OC(C)N(C)C. The van der Waals surface area contributed by atoms with Crippen LogP contribution in [-0.2, 0) is 4.74 Å². The second kappa shape index (κ2) is 4.11. The first kappa shape index (κ1) is 9.23. The lowest BCUT2D eigenvalue weighted by Gasteiger charge is -2.19. The van der Waals surface area contributed by atoms with Gasteiger partial charge in [-0.2, -0.15) is 0 Å². The van der Waals surface area contributed by atoms with Gasteiger partial charge in [0.15, 0.2) is 6.23 Å². The third kappa shape index (κ3) is 3.29. The van der Waals surface area contributed by atoms with Crippen LogP contribution in [0.5, 0.6) is 0 Å². The number of ether oxygens (including phenoxy) is 1. The molecule has 0 heterocycles. The number of carbonyl (C=O) groups excluding carboxylic acids is 1. The number of nitrogens with one attached hydrogen (secondary N) is 1. The third-order valence-corrected chi connectivity index (χ3v) is 1.21. The summed E-state index contributed by atoms with van der Waals surface area (Å²) in [5.41, 5.74) is 0. The molecule has 0 saturated carbocycles. The molecule has 0 aliphatic carbocycles. The van der Waals surface area contributed by atoms with Gasteiger partial charge in [0.25, 0.3) is 0 Å². The molecule has 0 aromatic heterocycles. The van der Waals surface area contributed by atoms with Crippen LogP contribution in [-0.4, -0.2) is 38.4 Å². The van der Waals surface area contributed by atoms with E-state index in [1.54, 1.807) is 11.8 Å². The van der Waals surface area contributed by atoms with Crippen molar-refractivity contribution in [3.63, 3.8) is 0 Å². The molecular formula is C6H14N2O2. The van der Waals surface area contributed by atoms with Crippen LogP contribution in [0.1, 0.15) is 6.92 Å². The summed E-state index contributed by atoms with van der Waals surface area (Å²) in [6.45, 7) is 1.80. The minimum atomic E-state index is -0.402. The Morgan fingerprint density at radius 1 is 1.60 bits per heavy atom. The summed E-state index contributed by atoms with van der Waals surface area (Å²) in [7, 11) is 5.21. The maximum absolute atomic E-state index is 10.6. The van der Waals surface area contributed by atoms with Gasteiger partial charge in [-0.3, -0.25) is 4.90 Å². The summed E-state index contributed by atoms with van der Waals surface area (Å²) >= 11 is 0. The highest BCUT2D eigenvalue weighted by Crippen LogP contribution is 1.92. The Kier molecular flexibility index (Phi) is 3.79. The van der Waals surface area contributed by atoms with Crippen molar-refractivity contribution in [1.29, 1.82) is 0 Å². The molecule has 60 valence electrons.